The van der Waals surface area contributed by atoms with E-state index in [0.29, 0.717) is 11.8 Å². The highest BCUT2D eigenvalue weighted by Crippen LogP contribution is 2.18. The van der Waals surface area contributed by atoms with Gasteiger partial charge < -0.3 is 4.74 Å². The van der Waals surface area contributed by atoms with Crippen molar-refractivity contribution in [3.05, 3.63) is 58.4 Å². The van der Waals surface area contributed by atoms with Crippen LogP contribution in [0.25, 0.3) is 0 Å². The Kier molecular flexibility index (Phi) is 3.64. The third kappa shape index (κ3) is 3.46. The maximum absolute atomic E-state index is 5.81. The molecule has 3 heteroatoms. The molecule has 1 aromatic carbocycles. The Balaban J connectivity index is 2.07. The number of nitrogens with zero attached hydrogens (tertiary/aromatic N) is 1. The van der Waals surface area contributed by atoms with Crippen LogP contribution >= 0.6 is 11.6 Å². The Morgan fingerprint density at radius 3 is 2.47 bits per heavy atom. The molecule has 1 heterocycles. The molecule has 0 N–H and O–H groups in total. The van der Waals surface area contributed by atoms with Crippen LogP contribution in [0.1, 0.15) is 16.7 Å². The lowest BCUT2D eigenvalue weighted by atomic mass is 10.1. The average molecular weight is 248 g/mol. The molecule has 2 nitrogen and oxygen atoms in total. The van der Waals surface area contributed by atoms with E-state index in [1.165, 1.54) is 11.1 Å². The minimum Gasteiger partial charge on any atom is -0.489 e. The first-order valence-corrected chi connectivity index (χ1v) is 5.83. The van der Waals surface area contributed by atoms with Crippen molar-refractivity contribution in [3.8, 4) is 5.75 Å². The molecule has 0 spiro atoms. The molecule has 17 heavy (non-hydrogen) atoms. The Bertz CT molecular complexity index is 505. The van der Waals surface area contributed by atoms with Crippen molar-refractivity contribution in [2.75, 3.05) is 0 Å². The van der Waals surface area contributed by atoms with E-state index in [4.69, 9.17) is 16.3 Å². The van der Waals surface area contributed by atoms with E-state index in [0.717, 1.165) is 11.3 Å². The van der Waals surface area contributed by atoms with Gasteiger partial charge in [-0.1, -0.05) is 17.7 Å². The SMILES string of the molecule is Cc1cc(C)cc(OCc2ccnc(Cl)c2)c1. The predicted octanol–water partition coefficient (Wildman–Crippen LogP) is 3.93. The fourth-order valence-corrected chi connectivity index (χ4v) is 1.91. The lowest BCUT2D eigenvalue weighted by Gasteiger charge is -2.08. The van der Waals surface area contributed by atoms with E-state index in [1.807, 2.05) is 24.3 Å². The number of pyridine rings is 1. The first-order valence-electron chi connectivity index (χ1n) is 5.45. The molecule has 0 unspecified atom stereocenters. The van der Waals surface area contributed by atoms with E-state index in [1.54, 1.807) is 6.20 Å². The highest BCUT2D eigenvalue weighted by atomic mass is 35.5. The fourth-order valence-electron chi connectivity index (χ4n) is 1.72. The van der Waals surface area contributed by atoms with Crippen LogP contribution in [0, 0.1) is 13.8 Å². The topological polar surface area (TPSA) is 22.1 Å². The minimum atomic E-state index is 0.492. The largest absolute Gasteiger partial charge is 0.489 e. The van der Waals surface area contributed by atoms with Gasteiger partial charge in [0.2, 0.25) is 0 Å². The second-order valence-electron chi connectivity index (χ2n) is 4.10. The lowest BCUT2D eigenvalue weighted by Crippen LogP contribution is -1.96. The summed E-state index contributed by atoms with van der Waals surface area (Å²) in [6.07, 6.45) is 1.68. The van der Waals surface area contributed by atoms with Crippen LogP contribution in [0.5, 0.6) is 5.75 Å². The van der Waals surface area contributed by atoms with Crippen molar-refractivity contribution >= 4 is 11.6 Å². The highest BCUT2D eigenvalue weighted by Gasteiger charge is 1.99. The summed E-state index contributed by atoms with van der Waals surface area (Å²) in [7, 11) is 0. The summed E-state index contributed by atoms with van der Waals surface area (Å²) in [5.41, 5.74) is 3.42. The summed E-state index contributed by atoms with van der Waals surface area (Å²) in [5, 5.41) is 0.492. The number of ether oxygens (including phenoxy) is 1. The van der Waals surface area contributed by atoms with Crippen LogP contribution in [0.4, 0.5) is 0 Å². The van der Waals surface area contributed by atoms with Gasteiger partial charge in [-0.15, -0.1) is 0 Å². The van der Waals surface area contributed by atoms with Gasteiger partial charge in [0, 0.05) is 6.20 Å². The van der Waals surface area contributed by atoms with Crippen LogP contribution in [0.15, 0.2) is 36.5 Å². The molecule has 0 aliphatic carbocycles. The van der Waals surface area contributed by atoms with Gasteiger partial charge in [0.1, 0.15) is 17.5 Å². The Hall–Kier alpha value is -1.54. The number of hydrogen-bond acceptors (Lipinski definition) is 2. The first-order chi connectivity index (χ1) is 8.13. The van der Waals surface area contributed by atoms with Crippen LogP contribution in [-0.2, 0) is 6.61 Å². The van der Waals surface area contributed by atoms with Gasteiger partial charge in [0.15, 0.2) is 0 Å². The molecule has 0 saturated heterocycles. The summed E-state index contributed by atoms with van der Waals surface area (Å²) in [4.78, 5) is 3.93. The standard InChI is InChI=1S/C14H14ClNO/c1-10-5-11(2)7-13(6-10)17-9-12-3-4-16-14(15)8-12/h3-8H,9H2,1-2H3. The minimum absolute atomic E-state index is 0.492. The van der Waals surface area contributed by atoms with E-state index in [-0.39, 0.29) is 0 Å². The third-order valence-corrected chi connectivity index (χ3v) is 2.60. The maximum Gasteiger partial charge on any atom is 0.129 e. The van der Waals surface area contributed by atoms with Crippen LogP contribution in [-0.4, -0.2) is 4.98 Å². The second kappa shape index (κ2) is 5.19. The van der Waals surface area contributed by atoms with Gasteiger partial charge in [0.25, 0.3) is 0 Å². The molecular weight excluding hydrogens is 234 g/mol. The number of hydrogen-bond donors (Lipinski definition) is 0. The first kappa shape index (κ1) is 11.9. The Morgan fingerprint density at radius 1 is 1.12 bits per heavy atom. The average Bonchev–Trinajstić information content (AvgIpc) is 2.25. The van der Waals surface area contributed by atoms with Gasteiger partial charge in [-0.05, 0) is 54.8 Å². The molecule has 0 aliphatic rings. The molecular formula is C14H14ClNO. The van der Waals surface area contributed by atoms with Crippen molar-refractivity contribution in [1.82, 2.24) is 4.98 Å². The zero-order valence-corrected chi connectivity index (χ0v) is 10.7. The summed E-state index contributed by atoms with van der Waals surface area (Å²) in [6, 6.07) is 9.88. The Labute approximate surface area is 106 Å². The smallest absolute Gasteiger partial charge is 0.129 e. The van der Waals surface area contributed by atoms with Crippen molar-refractivity contribution < 1.29 is 4.74 Å². The highest BCUT2D eigenvalue weighted by molar-refractivity contribution is 6.29. The molecule has 0 amide bonds. The Morgan fingerprint density at radius 2 is 1.82 bits per heavy atom. The number of aromatic nitrogens is 1. The number of halogens is 1. The van der Waals surface area contributed by atoms with Crippen molar-refractivity contribution in [2.24, 2.45) is 0 Å². The van der Waals surface area contributed by atoms with Crippen molar-refractivity contribution in [2.45, 2.75) is 20.5 Å². The van der Waals surface area contributed by atoms with Gasteiger partial charge in [0.05, 0.1) is 0 Å². The van der Waals surface area contributed by atoms with E-state index >= 15 is 0 Å². The van der Waals surface area contributed by atoms with E-state index < -0.39 is 0 Å². The van der Waals surface area contributed by atoms with Gasteiger partial charge >= 0.3 is 0 Å². The number of aryl methyl sites for hydroxylation is 2. The molecule has 0 bridgehead atoms. The molecule has 0 radical (unpaired) electrons. The molecule has 1 aromatic heterocycles. The van der Waals surface area contributed by atoms with Crippen LogP contribution in [0.2, 0.25) is 5.15 Å². The number of benzene rings is 1. The lowest BCUT2D eigenvalue weighted by molar-refractivity contribution is 0.305. The van der Waals surface area contributed by atoms with Gasteiger partial charge in [-0.25, -0.2) is 4.98 Å². The summed E-state index contributed by atoms with van der Waals surface area (Å²) in [5.74, 6) is 0.885. The van der Waals surface area contributed by atoms with Crippen LogP contribution < -0.4 is 4.74 Å². The molecule has 0 atom stereocenters. The second-order valence-corrected chi connectivity index (χ2v) is 4.49. The molecule has 0 saturated carbocycles. The van der Waals surface area contributed by atoms with Gasteiger partial charge in [-0.2, -0.15) is 0 Å². The fraction of sp³-hybridized carbons (Fsp3) is 0.214. The zero-order chi connectivity index (χ0) is 12.3. The maximum atomic E-state index is 5.81. The predicted molar refractivity (Wildman–Crippen MR) is 69.5 cm³/mol. The van der Waals surface area contributed by atoms with E-state index in [2.05, 4.69) is 24.9 Å². The summed E-state index contributed by atoms with van der Waals surface area (Å²) in [6.45, 7) is 4.62. The molecule has 0 fully saturated rings. The molecule has 2 rings (SSSR count). The summed E-state index contributed by atoms with van der Waals surface area (Å²) >= 11 is 5.81. The van der Waals surface area contributed by atoms with Crippen molar-refractivity contribution in [3.63, 3.8) is 0 Å². The van der Waals surface area contributed by atoms with Crippen LogP contribution in [0.3, 0.4) is 0 Å². The summed E-state index contributed by atoms with van der Waals surface area (Å²) < 4.78 is 5.72. The number of rotatable bonds is 3. The molecule has 88 valence electrons. The third-order valence-electron chi connectivity index (χ3n) is 2.39. The monoisotopic (exact) mass is 247 g/mol. The normalized spacial score (nSPS) is 10.3. The zero-order valence-electron chi connectivity index (χ0n) is 9.90. The van der Waals surface area contributed by atoms with Gasteiger partial charge in [-0.3, -0.25) is 0 Å². The van der Waals surface area contributed by atoms with E-state index in [9.17, 15) is 0 Å². The quantitative estimate of drug-likeness (QED) is 0.767. The molecule has 0 aliphatic heterocycles. The molecule has 2 aromatic rings. The van der Waals surface area contributed by atoms with Crippen molar-refractivity contribution in [1.29, 1.82) is 0 Å².